The third-order valence-corrected chi connectivity index (χ3v) is 6.33. The van der Waals surface area contributed by atoms with Crippen molar-refractivity contribution in [2.24, 2.45) is 5.41 Å². The number of hydrogen-bond acceptors (Lipinski definition) is 5. The van der Waals surface area contributed by atoms with Crippen LogP contribution in [0.3, 0.4) is 0 Å². The van der Waals surface area contributed by atoms with Crippen molar-refractivity contribution in [2.45, 2.75) is 32.7 Å². The van der Waals surface area contributed by atoms with Gasteiger partial charge in [-0.1, -0.05) is 26.0 Å². The fraction of sp³-hybridized carbons (Fsp3) is 0.280. The Balaban J connectivity index is 1.60. The summed E-state index contributed by atoms with van der Waals surface area (Å²) in [6.45, 7) is 4.59. The molecular weight excluding hydrogens is 376 g/mol. The number of Topliss-reactive ketones (excluding diaryl/α,β-unsaturated/α-hetero) is 1. The molecule has 0 radical (unpaired) electrons. The average Bonchev–Trinajstić information content (AvgIpc) is 3.19. The number of ketones is 1. The van der Waals surface area contributed by atoms with Crippen molar-refractivity contribution in [2.75, 3.05) is 12.1 Å². The van der Waals surface area contributed by atoms with E-state index in [0.29, 0.717) is 6.42 Å². The summed E-state index contributed by atoms with van der Waals surface area (Å²) in [6.07, 6.45) is 3.22. The molecule has 1 atom stereocenters. The largest absolute Gasteiger partial charge is 0.454 e. The molecule has 0 amide bonds. The lowest BCUT2D eigenvalue weighted by Crippen LogP contribution is -2.33. The zero-order chi connectivity index (χ0) is 20.5. The number of nitrogens with zero attached hydrogens (tertiary/aromatic N) is 1. The van der Waals surface area contributed by atoms with Gasteiger partial charge in [0.1, 0.15) is 0 Å². The zero-order valence-corrected chi connectivity index (χ0v) is 17.0. The standard InChI is InChI=1S/C25H22N2O3/c1-25(2)11-16-22-15-4-3-9-26-17(15)6-7-18(22)27-24(23(16)19(28)12-25)14-5-8-20-21(10-14)30-13-29-20/h3-10,24,27H,11-13H2,1-2H3/t24-/m0/s1. The second-order valence-corrected chi connectivity index (χ2v) is 9.08. The monoisotopic (exact) mass is 398 g/mol. The van der Waals surface area contributed by atoms with Crippen LogP contribution in [0.1, 0.15) is 43.9 Å². The maximum Gasteiger partial charge on any atom is 0.231 e. The van der Waals surface area contributed by atoms with Crippen molar-refractivity contribution in [1.82, 2.24) is 4.98 Å². The van der Waals surface area contributed by atoms with Crippen molar-refractivity contribution >= 4 is 27.9 Å². The van der Waals surface area contributed by atoms with Crippen LogP contribution in [0.5, 0.6) is 11.5 Å². The van der Waals surface area contributed by atoms with Crippen LogP contribution < -0.4 is 14.8 Å². The summed E-state index contributed by atoms with van der Waals surface area (Å²) in [5.41, 5.74) is 6.06. The van der Waals surface area contributed by atoms with Crippen molar-refractivity contribution in [3.63, 3.8) is 0 Å². The number of pyridine rings is 1. The molecule has 0 saturated heterocycles. The fourth-order valence-electron chi connectivity index (χ4n) is 5.06. The molecule has 30 heavy (non-hydrogen) atoms. The number of rotatable bonds is 1. The molecule has 5 heteroatoms. The number of aromatic nitrogens is 1. The Morgan fingerprint density at radius 2 is 1.93 bits per heavy atom. The Labute approximate surface area is 174 Å². The molecule has 1 aromatic heterocycles. The molecular formula is C25H22N2O3. The van der Waals surface area contributed by atoms with Crippen LogP contribution in [0.25, 0.3) is 16.5 Å². The van der Waals surface area contributed by atoms with Gasteiger partial charge < -0.3 is 14.8 Å². The summed E-state index contributed by atoms with van der Waals surface area (Å²) in [5.74, 6) is 1.69. The van der Waals surface area contributed by atoms with E-state index in [4.69, 9.17) is 9.47 Å². The van der Waals surface area contributed by atoms with Crippen molar-refractivity contribution in [1.29, 1.82) is 0 Å². The second-order valence-electron chi connectivity index (χ2n) is 9.08. The molecule has 3 aromatic rings. The predicted octanol–water partition coefficient (Wildman–Crippen LogP) is 5.27. The van der Waals surface area contributed by atoms with E-state index in [2.05, 4.69) is 36.3 Å². The minimum Gasteiger partial charge on any atom is -0.454 e. The minimum atomic E-state index is -0.209. The molecule has 0 bridgehead atoms. The van der Waals surface area contributed by atoms with Gasteiger partial charge in [-0.15, -0.1) is 0 Å². The van der Waals surface area contributed by atoms with Crippen molar-refractivity contribution in [3.05, 3.63) is 65.4 Å². The predicted molar refractivity (Wildman–Crippen MR) is 116 cm³/mol. The van der Waals surface area contributed by atoms with E-state index >= 15 is 0 Å². The molecule has 2 aliphatic heterocycles. The molecule has 0 fully saturated rings. The van der Waals surface area contributed by atoms with Crippen LogP contribution in [0.15, 0.2) is 54.2 Å². The van der Waals surface area contributed by atoms with E-state index in [0.717, 1.165) is 56.8 Å². The molecule has 3 heterocycles. The van der Waals surface area contributed by atoms with Crippen LogP contribution in [-0.2, 0) is 4.79 Å². The number of benzene rings is 2. The summed E-state index contributed by atoms with van der Waals surface area (Å²) in [7, 11) is 0. The van der Waals surface area contributed by atoms with Crippen molar-refractivity contribution < 1.29 is 14.3 Å². The Morgan fingerprint density at radius 1 is 1.07 bits per heavy atom. The van der Waals surface area contributed by atoms with E-state index in [-0.39, 0.29) is 24.0 Å². The lowest BCUT2D eigenvalue weighted by molar-refractivity contribution is -0.118. The molecule has 6 rings (SSSR count). The number of hydrogen-bond donors (Lipinski definition) is 1. The number of fused-ring (bicyclic) bond motifs is 5. The molecule has 2 aromatic carbocycles. The number of anilines is 1. The van der Waals surface area contributed by atoms with Gasteiger partial charge in [-0.2, -0.15) is 0 Å². The van der Waals surface area contributed by atoms with Crippen LogP contribution in [0.4, 0.5) is 5.69 Å². The van der Waals surface area contributed by atoms with Crippen LogP contribution in [0.2, 0.25) is 0 Å². The Morgan fingerprint density at radius 3 is 2.83 bits per heavy atom. The number of carbonyl (C=O) groups excluding carboxylic acids is 1. The van der Waals surface area contributed by atoms with E-state index in [9.17, 15) is 4.79 Å². The molecule has 5 nitrogen and oxygen atoms in total. The van der Waals surface area contributed by atoms with Gasteiger partial charge in [-0.3, -0.25) is 9.78 Å². The minimum absolute atomic E-state index is 0.0751. The van der Waals surface area contributed by atoms with Crippen molar-refractivity contribution in [3.8, 4) is 11.5 Å². The molecule has 1 aliphatic carbocycles. The molecule has 0 saturated carbocycles. The van der Waals surface area contributed by atoms with Gasteiger partial charge in [-0.05, 0) is 53.3 Å². The second kappa shape index (κ2) is 6.08. The Hall–Kier alpha value is -3.34. The van der Waals surface area contributed by atoms with Gasteiger partial charge in [0.15, 0.2) is 17.3 Å². The maximum absolute atomic E-state index is 13.4. The summed E-state index contributed by atoms with van der Waals surface area (Å²) < 4.78 is 11.1. The van der Waals surface area contributed by atoms with E-state index in [1.807, 2.05) is 36.5 Å². The molecule has 150 valence electrons. The highest BCUT2D eigenvalue weighted by atomic mass is 16.7. The molecule has 1 N–H and O–H groups in total. The molecule has 0 unspecified atom stereocenters. The van der Waals surface area contributed by atoms with Gasteiger partial charge in [0.2, 0.25) is 6.79 Å². The van der Waals surface area contributed by atoms with Gasteiger partial charge >= 0.3 is 0 Å². The highest BCUT2D eigenvalue weighted by molar-refractivity contribution is 6.12. The van der Waals surface area contributed by atoms with Crippen LogP contribution in [0, 0.1) is 5.41 Å². The number of carbonyl (C=O) groups is 1. The van der Waals surface area contributed by atoms with E-state index < -0.39 is 0 Å². The topological polar surface area (TPSA) is 60.5 Å². The quantitative estimate of drug-likeness (QED) is 0.605. The highest BCUT2D eigenvalue weighted by Crippen LogP contribution is 2.52. The summed E-state index contributed by atoms with van der Waals surface area (Å²) in [6, 6.07) is 13.9. The maximum atomic E-state index is 13.4. The molecule has 0 spiro atoms. The summed E-state index contributed by atoms with van der Waals surface area (Å²) in [5, 5.41) is 4.74. The first-order chi connectivity index (χ1) is 14.5. The molecule has 3 aliphatic rings. The Kier molecular flexibility index (Phi) is 3.55. The van der Waals surface area contributed by atoms with Crippen LogP contribution in [-0.4, -0.2) is 17.6 Å². The van der Waals surface area contributed by atoms with Crippen LogP contribution >= 0.6 is 0 Å². The SMILES string of the molecule is CC1(C)CC(=O)C2=C(C1)c1c(ccc3ncccc13)N[C@H]2c1ccc2c(c1)OCO2. The first-order valence-corrected chi connectivity index (χ1v) is 10.3. The number of nitrogens with one attached hydrogen (secondary N) is 1. The summed E-state index contributed by atoms with van der Waals surface area (Å²) in [4.78, 5) is 18.0. The van der Waals surface area contributed by atoms with Gasteiger partial charge in [0.05, 0.1) is 11.6 Å². The van der Waals surface area contributed by atoms with Gasteiger partial charge in [-0.25, -0.2) is 0 Å². The third-order valence-electron chi connectivity index (χ3n) is 6.33. The first kappa shape index (κ1) is 17.5. The summed E-state index contributed by atoms with van der Waals surface area (Å²) >= 11 is 0. The fourth-order valence-corrected chi connectivity index (χ4v) is 5.06. The normalized spacial score (nSPS) is 21.3. The third kappa shape index (κ3) is 2.54. The average molecular weight is 398 g/mol. The zero-order valence-electron chi connectivity index (χ0n) is 17.0. The lowest BCUT2D eigenvalue weighted by atomic mass is 9.68. The van der Waals surface area contributed by atoms with Gasteiger partial charge in [0, 0.05) is 34.8 Å². The lowest BCUT2D eigenvalue weighted by Gasteiger charge is -2.40. The smallest absolute Gasteiger partial charge is 0.231 e. The number of allylic oxidation sites excluding steroid dienone is 1. The van der Waals surface area contributed by atoms with Gasteiger partial charge in [0.25, 0.3) is 0 Å². The van der Waals surface area contributed by atoms with E-state index in [1.165, 1.54) is 0 Å². The van der Waals surface area contributed by atoms with E-state index in [1.54, 1.807) is 0 Å². The Bertz CT molecular complexity index is 1260. The number of ether oxygens (including phenoxy) is 2. The first-order valence-electron chi connectivity index (χ1n) is 10.3. The highest BCUT2D eigenvalue weighted by Gasteiger charge is 2.41.